The topological polar surface area (TPSA) is 115 Å². The van der Waals surface area contributed by atoms with Gasteiger partial charge in [-0.15, -0.1) is 0 Å². The third-order valence-corrected chi connectivity index (χ3v) is 4.36. The molecule has 1 amide bonds. The minimum atomic E-state index is -0.551. The number of carbonyl (C=O) groups is 2. The number of imidazole rings is 1. The van der Waals surface area contributed by atoms with E-state index in [0.29, 0.717) is 23.5 Å². The van der Waals surface area contributed by atoms with Crippen molar-refractivity contribution >= 4 is 28.7 Å². The van der Waals surface area contributed by atoms with Gasteiger partial charge in [-0.1, -0.05) is 13.3 Å². The maximum Gasteiger partial charge on any atom is 0.358 e. The fourth-order valence-electron chi connectivity index (χ4n) is 2.94. The molecule has 148 valence electrons. The number of fused-ring (bicyclic) bond motifs is 1. The van der Waals surface area contributed by atoms with Gasteiger partial charge in [0.2, 0.25) is 0 Å². The summed E-state index contributed by atoms with van der Waals surface area (Å²) in [6, 6.07) is 1.73. The molecular formula is C19H24N6O3. The van der Waals surface area contributed by atoms with Gasteiger partial charge < -0.3 is 15.0 Å². The van der Waals surface area contributed by atoms with Gasteiger partial charge in [-0.25, -0.2) is 14.8 Å². The zero-order valence-electron chi connectivity index (χ0n) is 16.5. The van der Waals surface area contributed by atoms with Crippen molar-refractivity contribution in [3.8, 4) is 0 Å². The van der Waals surface area contributed by atoms with Crippen molar-refractivity contribution in [1.29, 1.82) is 0 Å². The quantitative estimate of drug-likeness (QED) is 0.605. The Labute approximate surface area is 162 Å². The molecule has 0 aliphatic carbocycles. The number of H-pyrrole nitrogens is 1. The molecule has 0 fully saturated rings. The van der Waals surface area contributed by atoms with E-state index in [9.17, 15) is 9.59 Å². The lowest BCUT2D eigenvalue weighted by Gasteiger charge is -2.05. The molecule has 0 saturated heterocycles. The lowest BCUT2D eigenvalue weighted by molar-refractivity contribution is 0.0521. The van der Waals surface area contributed by atoms with E-state index in [1.807, 2.05) is 6.92 Å². The summed E-state index contributed by atoms with van der Waals surface area (Å²) in [7, 11) is 1.80. The van der Waals surface area contributed by atoms with Crippen molar-refractivity contribution in [3.63, 3.8) is 0 Å². The van der Waals surface area contributed by atoms with Gasteiger partial charge in [0, 0.05) is 25.1 Å². The number of aromatic nitrogens is 5. The molecule has 3 aromatic heterocycles. The molecule has 0 aliphatic rings. The van der Waals surface area contributed by atoms with Crippen molar-refractivity contribution in [1.82, 2.24) is 24.7 Å². The molecular weight excluding hydrogens is 360 g/mol. The number of anilines is 1. The number of rotatable bonds is 7. The van der Waals surface area contributed by atoms with Crippen LogP contribution in [0.2, 0.25) is 0 Å². The number of hydrogen-bond donors (Lipinski definition) is 2. The van der Waals surface area contributed by atoms with Gasteiger partial charge in [0.15, 0.2) is 17.2 Å². The van der Waals surface area contributed by atoms with Crippen LogP contribution in [0.5, 0.6) is 0 Å². The Morgan fingerprint density at radius 3 is 2.82 bits per heavy atom. The van der Waals surface area contributed by atoms with E-state index in [2.05, 4.69) is 32.3 Å². The van der Waals surface area contributed by atoms with Crippen molar-refractivity contribution in [2.45, 2.75) is 40.0 Å². The van der Waals surface area contributed by atoms with Crippen molar-refractivity contribution in [3.05, 3.63) is 35.0 Å². The minimum Gasteiger partial charge on any atom is -0.461 e. The Kier molecular flexibility index (Phi) is 5.72. The molecule has 2 N–H and O–H groups in total. The molecule has 9 nitrogen and oxygen atoms in total. The normalized spacial score (nSPS) is 11.0. The number of amides is 1. The maximum atomic E-state index is 12.7. The van der Waals surface area contributed by atoms with Crippen LogP contribution < -0.4 is 5.32 Å². The standard InChI is InChI=1S/C19H24N6O3/c1-5-7-8-14-21-15(19(27)28-6-2)16(22-14)23-18(26)12-9-13-11(3)24-25(4)17(13)20-10-12/h9-10H,5-8H2,1-4H3,(H,21,22)(H,23,26). The van der Waals surface area contributed by atoms with Gasteiger partial charge in [-0.2, -0.15) is 5.10 Å². The van der Waals surface area contributed by atoms with Gasteiger partial charge in [0.05, 0.1) is 17.9 Å². The van der Waals surface area contributed by atoms with E-state index >= 15 is 0 Å². The number of pyridine rings is 1. The molecule has 3 heterocycles. The van der Waals surface area contributed by atoms with Crippen LogP contribution in [-0.4, -0.2) is 43.2 Å². The molecule has 0 aliphatic heterocycles. The largest absolute Gasteiger partial charge is 0.461 e. The first-order valence-corrected chi connectivity index (χ1v) is 9.31. The number of carbonyl (C=O) groups excluding carboxylic acids is 2. The van der Waals surface area contributed by atoms with E-state index in [1.165, 1.54) is 6.20 Å². The first-order valence-electron chi connectivity index (χ1n) is 9.31. The molecule has 0 spiro atoms. The number of esters is 1. The summed E-state index contributed by atoms with van der Waals surface area (Å²) in [5.74, 6) is -0.157. The third kappa shape index (κ3) is 3.88. The Morgan fingerprint density at radius 2 is 2.11 bits per heavy atom. The van der Waals surface area contributed by atoms with Crippen LogP contribution in [0.15, 0.2) is 12.3 Å². The molecule has 0 unspecified atom stereocenters. The van der Waals surface area contributed by atoms with Crippen molar-refractivity contribution in [2.24, 2.45) is 7.05 Å². The molecule has 3 aromatic rings. The van der Waals surface area contributed by atoms with Crippen LogP contribution in [-0.2, 0) is 18.2 Å². The molecule has 0 atom stereocenters. The summed E-state index contributed by atoms with van der Waals surface area (Å²) >= 11 is 0. The highest BCUT2D eigenvalue weighted by molar-refractivity contribution is 6.07. The molecule has 3 rings (SSSR count). The fourth-order valence-corrected chi connectivity index (χ4v) is 2.94. The Morgan fingerprint density at radius 1 is 1.32 bits per heavy atom. The lowest BCUT2D eigenvalue weighted by Crippen LogP contribution is -2.16. The van der Waals surface area contributed by atoms with Gasteiger partial charge in [-0.05, 0) is 26.3 Å². The second-order valence-electron chi connectivity index (χ2n) is 6.49. The summed E-state index contributed by atoms with van der Waals surface area (Å²) in [6.07, 6.45) is 4.08. The van der Waals surface area contributed by atoms with Gasteiger partial charge in [0.1, 0.15) is 5.82 Å². The highest BCUT2D eigenvalue weighted by Gasteiger charge is 2.21. The number of nitrogens with zero attached hydrogens (tertiary/aromatic N) is 4. The van der Waals surface area contributed by atoms with Gasteiger partial charge in [0.25, 0.3) is 5.91 Å². The van der Waals surface area contributed by atoms with Crippen molar-refractivity contribution in [2.75, 3.05) is 11.9 Å². The first kappa shape index (κ1) is 19.5. The molecule has 0 radical (unpaired) electrons. The maximum absolute atomic E-state index is 12.7. The summed E-state index contributed by atoms with van der Waals surface area (Å²) in [6.45, 7) is 5.89. The Hall–Kier alpha value is -3.23. The number of ether oxygens (including phenoxy) is 1. The second kappa shape index (κ2) is 8.20. The smallest absolute Gasteiger partial charge is 0.358 e. The number of unbranched alkanes of at least 4 members (excludes halogenated alkanes) is 1. The fraction of sp³-hybridized carbons (Fsp3) is 0.421. The molecule has 0 aromatic carbocycles. The van der Waals surface area contributed by atoms with E-state index in [4.69, 9.17) is 4.74 Å². The highest BCUT2D eigenvalue weighted by atomic mass is 16.5. The summed E-state index contributed by atoms with van der Waals surface area (Å²) < 4.78 is 6.73. The summed E-state index contributed by atoms with van der Waals surface area (Å²) in [5, 5.41) is 7.81. The second-order valence-corrected chi connectivity index (χ2v) is 6.49. The average Bonchev–Trinajstić information content (AvgIpc) is 3.20. The average molecular weight is 384 g/mol. The van der Waals surface area contributed by atoms with Gasteiger partial charge >= 0.3 is 5.97 Å². The monoisotopic (exact) mass is 384 g/mol. The summed E-state index contributed by atoms with van der Waals surface area (Å²) in [5.41, 5.74) is 1.99. The molecule has 0 saturated carbocycles. The predicted octanol–water partition coefficient (Wildman–Crippen LogP) is 2.77. The SMILES string of the molecule is CCCCc1nc(NC(=O)c2cnc3c(c2)c(C)nn3C)c(C(=O)OCC)[nH]1. The number of hydrogen-bond acceptors (Lipinski definition) is 6. The number of nitrogens with one attached hydrogen (secondary N) is 2. The predicted molar refractivity (Wildman–Crippen MR) is 104 cm³/mol. The molecule has 28 heavy (non-hydrogen) atoms. The summed E-state index contributed by atoms with van der Waals surface area (Å²) in [4.78, 5) is 36.6. The zero-order chi connectivity index (χ0) is 20.3. The number of aromatic amines is 1. The van der Waals surface area contributed by atoms with Crippen LogP contribution >= 0.6 is 0 Å². The Balaban J connectivity index is 1.89. The minimum absolute atomic E-state index is 0.146. The van der Waals surface area contributed by atoms with E-state index in [0.717, 1.165) is 23.9 Å². The van der Waals surface area contributed by atoms with Crippen LogP contribution in [0.3, 0.4) is 0 Å². The van der Waals surface area contributed by atoms with Crippen molar-refractivity contribution < 1.29 is 14.3 Å². The van der Waals surface area contributed by atoms with Crippen LogP contribution in [0.4, 0.5) is 5.82 Å². The Bertz CT molecular complexity index is 1020. The zero-order valence-corrected chi connectivity index (χ0v) is 16.5. The molecule has 0 bridgehead atoms. The third-order valence-electron chi connectivity index (χ3n) is 4.36. The number of aryl methyl sites for hydroxylation is 3. The van der Waals surface area contributed by atoms with E-state index in [1.54, 1.807) is 24.7 Å². The highest BCUT2D eigenvalue weighted by Crippen LogP contribution is 2.19. The van der Waals surface area contributed by atoms with E-state index < -0.39 is 11.9 Å². The van der Waals surface area contributed by atoms with E-state index in [-0.39, 0.29) is 18.1 Å². The van der Waals surface area contributed by atoms with Crippen LogP contribution in [0.25, 0.3) is 11.0 Å². The van der Waals surface area contributed by atoms with Crippen LogP contribution in [0.1, 0.15) is 59.1 Å². The first-order chi connectivity index (χ1) is 13.4. The lowest BCUT2D eigenvalue weighted by atomic mass is 10.2. The molecule has 9 heteroatoms. The van der Waals surface area contributed by atoms with Gasteiger partial charge in [-0.3, -0.25) is 9.48 Å². The van der Waals surface area contributed by atoms with Crippen LogP contribution in [0, 0.1) is 6.92 Å².